The van der Waals surface area contributed by atoms with Crippen LogP contribution in [0, 0.1) is 10.1 Å². The summed E-state index contributed by atoms with van der Waals surface area (Å²) >= 11 is 0. The fraction of sp³-hybridized carbons (Fsp3) is 0. The first-order chi connectivity index (χ1) is 18.9. The first kappa shape index (κ1) is 25.4. The molecule has 0 atom stereocenters. The van der Waals surface area contributed by atoms with Crippen molar-refractivity contribution >= 4 is 33.3 Å². The molecule has 2 N–H and O–H groups in total. The maximum Gasteiger partial charge on any atom is 0.295 e. The van der Waals surface area contributed by atoms with Crippen molar-refractivity contribution in [3.63, 3.8) is 0 Å². The molecule has 5 rings (SSSR count). The Morgan fingerprint density at radius 2 is 1.51 bits per heavy atom. The van der Waals surface area contributed by atoms with Gasteiger partial charge in [-0.1, -0.05) is 66.7 Å². The van der Waals surface area contributed by atoms with Crippen molar-refractivity contribution in [3.05, 3.63) is 131 Å². The SMILES string of the molecule is O=[N+]([O-])c1cc(S(=O)(=O)Nc2ccccc2)ccc1NN=Cc1cn(-c2ccccc2)nc1-c1ccccc1. The maximum absolute atomic E-state index is 12.8. The first-order valence-electron chi connectivity index (χ1n) is 11.8. The number of sulfonamides is 1. The smallest absolute Gasteiger partial charge is 0.280 e. The van der Waals surface area contributed by atoms with E-state index in [-0.39, 0.29) is 10.6 Å². The number of nitro benzene ring substituents is 1. The zero-order valence-electron chi connectivity index (χ0n) is 20.4. The van der Waals surface area contributed by atoms with E-state index in [9.17, 15) is 18.5 Å². The zero-order valence-corrected chi connectivity index (χ0v) is 21.2. The number of hydrogen-bond acceptors (Lipinski definition) is 7. The van der Waals surface area contributed by atoms with Gasteiger partial charge in [-0.15, -0.1) is 0 Å². The highest BCUT2D eigenvalue weighted by molar-refractivity contribution is 7.92. The molecule has 1 heterocycles. The molecule has 0 saturated heterocycles. The van der Waals surface area contributed by atoms with Gasteiger partial charge in [0.15, 0.2) is 0 Å². The van der Waals surface area contributed by atoms with Crippen LogP contribution in [0.3, 0.4) is 0 Å². The lowest BCUT2D eigenvalue weighted by molar-refractivity contribution is -0.384. The number of hydrogen-bond donors (Lipinski definition) is 2. The Morgan fingerprint density at radius 3 is 2.18 bits per heavy atom. The van der Waals surface area contributed by atoms with Gasteiger partial charge in [0.2, 0.25) is 0 Å². The van der Waals surface area contributed by atoms with Gasteiger partial charge in [0.1, 0.15) is 11.4 Å². The third kappa shape index (κ3) is 5.84. The van der Waals surface area contributed by atoms with Crippen LogP contribution in [0.4, 0.5) is 17.1 Å². The largest absolute Gasteiger partial charge is 0.295 e. The van der Waals surface area contributed by atoms with E-state index in [2.05, 4.69) is 15.2 Å². The van der Waals surface area contributed by atoms with Gasteiger partial charge in [-0.3, -0.25) is 20.3 Å². The minimum absolute atomic E-state index is 0.0339. The fourth-order valence-electron chi connectivity index (χ4n) is 3.83. The number of para-hydroxylation sites is 2. The molecule has 0 aliphatic rings. The summed E-state index contributed by atoms with van der Waals surface area (Å²) in [7, 11) is -4.04. The zero-order chi connectivity index (χ0) is 27.2. The van der Waals surface area contributed by atoms with Gasteiger partial charge in [-0.2, -0.15) is 10.2 Å². The number of hydrazone groups is 1. The van der Waals surface area contributed by atoms with Gasteiger partial charge in [-0.05, 0) is 36.4 Å². The van der Waals surface area contributed by atoms with Crippen molar-refractivity contribution < 1.29 is 13.3 Å². The second-order valence-corrected chi connectivity index (χ2v) is 10.0. The molecule has 0 saturated carbocycles. The number of nitrogens with zero attached hydrogens (tertiary/aromatic N) is 4. The van der Waals surface area contributed by atoms with Gasteiger partial charge in [0.25, 0.3) is 15.7 Å². The molecular formula is C28H22N6O4S. The molecule has 194 valence electrons. The van der Waals surface area contributed by atoms with Crippen molar-refractivity contribution in [2.24, 2.45) is 5.10 Å². The lowest BCUT2D eigenvalue weighted by Crippen LogP contribution is -2.13. The summed E-state index contributed by atoms with van der Waals surface area (Å²) in [4.78, 5) is 10.9. The van der Waals surface area contributed by atoms with Gasteiger partial charge >= 0.3 is 0 Å². The Kier molecular flexibility index (Phi) is 7.15. The minimum Gasteiger partial charge on any atom is -0.280 e. The number of aromatic nitrogens is 2. The van der Waals surface area contributed by atoms with Crippen molar-refractivity contribution in [3.8, 4) is 16.9 Å². The Morgan fingerprint density at radius 1 is 0.872 bits per heavy atom. The van der Waals surface area contributed by atoms with Gasteiger partial charge in [-0.25, -0.2) is 13.1 Å². The van der Waals surface area contributed by atoms with E-state index in [1.54, 1.807) is 35.0 Å². The summed E-state index contributed by atoms with van der Waals surface area (Å²) in [6.07, 6.45) is 3.32. The predicted molar refractivity (Wildman–Crippen MR) is 151 cm³/mol. The molecule has 39 heavy (non-hydrogen) atoms. The van der Waals surface area contributed by atoms with Crippen LogP contribution in [0.5, 0.6) is 0 Å². The van der Waals surface area contributed by atoms with E-state index in [0.717, 1.165) is 17.3 Å². The summed E-state index contributed by atoms with van der Waals surface area (Å²) in [5.74, 6) is 0. The maximum atomic E-state index is 12.8. The third-order valence-corrected chi connectivity index (χ3v) is 7.08. The molecule has 10 nitrogen and oxygen atoms in total. The van der Waals surface area contributed by atoms with E-state index in [1.165, 1.54) is 18.3 Å². The van der Waals surface area contributed by atoms with Gasteiger partial charge in [0, 0.05) is 29.1 Å². The number of anilines is 2. The summed E-state index contributed by atoms with van der Waals surface area (Å²) in [5, 5.41) is 20.7. The Bertz CT molecular complexity index is 1740. The van der Waals surface area contributed by atoms with Crippen LogP contribution in [-0.4, -0.2) is 29.3 Å². The Hall–Kier alpha value is -5.29. The first-order valence-corrected chi connectivity index (χ1v) is 13.2. The molecule has 0 aliphatic heterocycles. The molecule has 5 aromatic rings. The average Bonchev–Trinajstić information content (AvgIpc) is 3.38. The van der Waals surface area contributed by atoms with E-state index in [1.807, 2.05) is 66.9 Å². The molecule has 0 aliphatic carbocycles. The molecule has 0 radical (unpaired) electrons. The number of benzene rings is 4. The molecule has 1 aromatic heterocycles. The topological polar surface area (TPSA) is 132 Å². The van der Waals surface area contributed by atoms with Crippen LogP contribution in [0.1, 0.15) is 5.56 Å². The quantitative estimate of drug-likeness (QED) is 0.141. The van der Waals surface area contributed by atoms with Crippen molar-refractivity contribution in [2.75, 3.05) is 10.1 Å². The molecule has 11 heteroatoms. The highest BCUT2D eigenvalue weighted by atomic mass is 32.2. The van der Waals surface area contributed by atoms with Crippen LogP contribution >= 0.6 is 0 Å². The fourth-order valence-corrected chi connectivity index (χ4v) is 4.91. The molecule has 0 bridgehead atoms. The van der Waals surface area contributed by atoms with Crippen molar-refractivity contribution in [2.45, 2.75) is 4.90 Å². The van der Waals surface area contributed by atoms with Gasteiger partial charge in [0.05, 0.1) is 21.7 Å². The van der Waals surface area contributed by atoms with Crippen molar-refractivity contribution in [1.82, 2.24) is 9.78 Å². The molecule has 0 unspecified atom stereocenters. The van der Waals surface area contributed by atoms with E-state index >= 15 is 0 Å². The number of nitro groups is 1. The van der Waals surface area contributed by atoms with Gasteiger partial charge < -0.3 is 0 Å². The van der Waals surface area contributed by atoms with Crippen LogP contribution in [0.25, 0.3) is 16.9 Å². The predicted octanol–water partition coefficient (Wildman–Crippen LogP) is 5.69. The van der Waals surface area contributed by atoms with Crippen molar-refractivity contribution in [1.29, 1.82) is 0 Å². The molecule has 0 fully saturated rings. The number of rotatable bonds is 9. The summed E-state index contributed by atoms with van der Waals surface area (Å²) < 4.78 is 29.7. The van der Waals surface area contributed by atoms with E-state index in [0.29, 0.717) is 16.9 Å². The Labute approximate surface area is 224 Å². The molecule has 0 spiro atoms. The third-order valence-electron chi connectivity index (χ3n) is 5.70. The Balaban J connectivity index is 1.43. The van der Waals surface area contributed by atoms with Crippen LogP contribution in [0.15, 0.2) is 125 Å². The second-order valence-electron chi connectivity index (χ2n) is 8.36. The van der Waals surface area contributed by atoms with E-state index in [4.69, 9.17) is 5.10 Å². The van der Waals surface area contributed by atoms with Crippen LogP contribution < -0.4 is 10.1 Å². The molecule has 4 aromatic carbocycles. The van der Waals surface area contributed by atoms with Crippen LogP contribution in [-0.2, 0) is 10.0 Å². The minimum atomic E-state index is -4.04. The standard InChI is InChI=1S/C28H22N6O4S/c35-34(36)27-18-25(39(37,38)32-23-12-6-2-7-13-23)16-17-26(27)30-29-19-22-20-33(24-14-8-3-9-15-24)31-28(22)21-10-4-1-5-11-21/h1-20,30,32H. The number of nitrogens with one attached hydrogen (secondary N) is 2. The van der Waals surface area contributed by atoms with Crippen LogP contribution in [0.2, 0.25) is 0 Å². The van der Waals surface area contributed by atoms with E-state index < -0.39 is 20.6 Å². The highest BCUT2D eigenvalue weighted by Gasteiger charge is 2.21. The summed E-state index contributed by atoms with van der Waals surface area (Å²) in [6, 6.07) is 31.0. The summed E-state index contributed by atoms with van der Waals surface area (Å²) in [5.41, 5.74) is 5.70. The molecular weight excluding hydrogens is 516 g/mol. The second kappa shape index (κ2) is 11.0. The molecule has 0 amide bonds. The lowest BCUT2D eigenvalue weighted by atomic mass is 10.1. The average molecular weight is 539 g/mol. The monoisotopic (exact) mass is 538 g/mol. The highest BCUT2D eigenvalue weighted by Crippen LogP contribution is 2.29. The normalized spacial score (nSPS) is 11.4. The summed E-state index contributed by atoms with van der Waals surface area (Å²) in [6.45, 7) is 0. The lowest BCUT2D eigenvalue weighted by Gasteiger charge is -2.09.